The molecule has 2 aromatic rings. The van der Waals surface area contributed by atoms with Crippen LogP contribution in [0.15, 0.2) is 36.5 Å². The average Bonchev–Trinajstić information content (AvgIpc) is 2.34. The van der Waals surface area contributed by atoms with Crippen LogP contribution in [0, 0.1) is 0 Å². The molecule has 18 heavy (non-hydrogen) atoms. The highest BCUT2D eigenvalue weighted by atomic mass is 35.5. The van der Waals surface area contributed by atoms with Gasteiger partial charge in [-0.1, -0.05) is 23.2 Å². The summed E-state index contributed by atoms with van der Waals surface area (Å²) in [5.74, 6) is -0.00168. The van der Waals surface area contributed by atoms with E-state index in [4.69, 9.17) is 28.9 Å². The monoisotopic (exact) mass is 281 g/mol. The molecule has 0 atom stereocenters. The molecule has 92 valence electrons. The molecule has 0 saturated heterocycles. The third-order valence-electron chi connectivity index (χ3n) is 2.24. The van der Waals surface area contributed by atoms with Crippen LogP contribution in [0.3, 0.4) is 0 Å². The van der Waals surface area contributed by atoms with Gasteiger partial charge in [0.2, 0.25) is 0 Å². The Morgan fingerprint density at radius 3 is 2.50 bits per heavy atom. The maximum atomic E-state index is 11.3. The van der Waals surface area contributed by atoms with Crippen molar-refractivity contribution in [1.29, 1.82) is 0 Å². The molecule has 0 radical (unpaired) electrons. The van der Waals surface area contributed by atoms with E-state index in [0.29, 0.717) is 27.1 Å². The van der Waals surface area contributed by atoms with Gasteiger partial charge >= 0.3 is 0 Å². The molecule has 3 N–H and O–H groups in total. The fourth-order valence-corrected chi connectivity index (χ4v) is 1.70. The summed E-state index contributed by atoms with van der Waals surface area (Å²) in [4.78, 5) is 15.4. The highest BCUT2D eigenvalue weighted by Gasteiger charge is 2.09. The van der Waals surface area contributed by atoms with Gasteiger partial charge in [0, 0.05) is 11.2 Å². The summed E-state index contributed by atoms with van der Waals surface area (Å²) in [7, 11) is 0. The number of benzene rings is 1. The number of rotatable bonds is 3. The zero-order valence-corrected chi connectivity index (χ0v) is 10.7. The predicted molar refractivity (Wildman–Crippen MR) is 72.5 cm³/mol. The number of nitrogens with one attached hydrogen (secondary N) is 1. The van der Waals surface area contributed by atoms with Crippen molar-refractivity contribution in [3.05, 3.63) is 52.1 Å². The Kier molecular flexibility index (Phi) is 3.69. The van der Waals surface area contributed by atoms with Crippen LogP contribution in [-0.2, 0) is 0 Å². The van der Waals surface area contributed by atoms with Gasteiger partial charge in [-0.3, -0.25) is 4.79 Å². The minimum atomic E-state index is -0.561. The topological polar surface area (TPSA) is 68.0 Å². The van der Waals surface area contributed by atoms with Gasteiger partial charge in [0.05, 0.1) is 16.3 Å². The molecule has 1 amide bonds. The van der Waals surface area contributed by atoms with Gasteiger partial charge < -0.3 is 11.1 Å². The first-order valence-electron chi connectivity index (χ1n) is 5.04. The zero-order valence-electron chi connectivity index (χ0n) is 9.15. The Labute approximate surface area is 114 Å². The second kappa shape index (κ2) is 5.25. The van der Waals surface area contributed by atoms with Crippen molar-refractivity contribution in [2.75, 3.05) is 5.32 Å². The predicted octanol–water partition coefficient (Wildman–Crippen LogP) is 3.23. The molecule has 2 rings (SSSR count). The molecular formula is C12H9Cl2N3O. The molecule has 0 aliphatic carbocycles. The number of carbonyl (C=O) groups is 1. The van der Waals surface area contributed by atoms with Gasteiger partial charge in [0.15, 0.2) is 0 Å². The average molecular weight is 282 g/mol. The van der Waals surface area contributed by atoms with Crippen molar-refractivity contribution in [2.24, 2.45) is 5.73 Å². The number of nitrogens with zero attached hydrogens (tertiary/aromatic N) is 1. The van der Waals surface area contributed by atoms with E-state index in [1.54, 1.807) is 24.3 Å². The Morgan fingerprint density at radius 2 is 1.89 bits per heavy atom. The van der Waals surface area contributed by atoms with E-state index >= 15 is 0 Å². The minimum absolute atomic E-state index is 0.305. The van der Waals surface area contributed by atoms with Crippen LogP contribution in [0.25, 0.3) is 0 Å². The minimum Gasteiger partial charge on any atom is -0.366 e. The lowest BCUT2D eigenvalue weighted by atomic mass is 10.1. The van der Waals surface area contributed by atoms with Crippen LogP contribution in [0.5, 0.6) is 0 Å². The third-order valence-corrected chi connectivity index (χ3v) is 2.70. The largest absolute Gasteiger partial charge is 0.366 e. The lowest BCUT2D eigenvalue weighted by Crippen LogP contribution is -2.13. The van der Waals surface area contributed by atoms with E-state index in [0.717, 1.165) is 0 Å². The molecule has 0 aliphatic rings. The lowest BCUT2D eigenvalue weighted by Gasteiger charge is -2.09. The van der Waals surface area contributed by atoms with Crippen molar-refractivity contribution in [3.63, 3.8) is 0 Å². The number of nitrogens with two attached hydrogens (primary N) is 1. The normalized spacial score (nSPS) is 10.1. The fraction of sp³-hybridized carbons (Fsp3) is 0. The van der Waals surface area contributed by atoms with Crippen molar-refractivity contribution >= 4 is 40.6 Å². The number of anilines is 2. The van der Waals surface area contributed by atoms with Gasteiger partial charge in [0.25, 0.3) is 5.91 Å². The number of hydrogen-bond acceptors (Lipinski definition) is 3. The first-order chi connectivity index (χ1) is 8.56. The highest BCUT2D eigenvalue weighted by molar-refractivity contribution is 6.31. The van der Waals surface area contributed by atoms with Gasteiger partial charge in [-0.2, -0.15) is 0 Å². The molecule has 0 saturated carbocycles. The quantitative estimate of drug-likeness (QED) is 0.908. The third kappa shape index (κ3) is 2.91. The molecule has 6 heteroatoms. The molecule has 0 bridgehead atoms. The summed E-state index contributed by atoms with van der Waals surface area (Å²) in [6.07, 6.45) is 1.50. The second-order valence-corrected chi connectivity index (χ2v) is 4.41. The highest BCUT2D eigenvalue weighted by Crippen LogP contribution is 2.23. The Morgan fingerprint density at radius 1 is 1.17 bits per heavy atom. The summed E-state index contributed by atoms with van der Waals surface area (Å²) in [5, 5.41) is 3.96. The Hall–Kier alpha value is -1.78. The van der Waals surface area contributed by atoms with Gasteiger partial charge in [-0.25, -0.2) is 4.98 Å². The molecule has 1 aromatic carbocycles. The number of primary amides is 1. The molecular weight excluding hydrogens is 273 g/mol. The molecule has 4 nitrogen and oxygen atoms in total. The second-order valence-electron chi connectivity index (χ2n) is 3.54. The van der Waals surface area contributed by atoms with Crippen molar-refractivity contribution in [3.8, 4) is 0 Å². The number of hydrogen-bond donors (Lipinski definition) is 2. The Bertz CT molecular complexity index is 584. The van der Waals surface area contributed by atoms with Crippen molar-refractivity contribution in [1.82, 2.24) is 4.98 Å². The van der Waals surface area contributed by atoms with Crippen molar-refractivity contribution in [2.45, 2.75) is 0 Å². The maximum Gasteiger partial charge on any atom is 0.250 e. The number of amides is 1. The van der Waals surface area contributed by atoms with Gasteiger partial charge in [-0.15, -0.1) is 0 Å². The molecule has 0 unspecified atom stereocenters. The number of carbonyl (C=O) groups excluding carboxylic acids is 1. The SMILES string of the molecule is NC(=O)c1cc(Cl)ccc1Nc1ccc(Cl)cn1. The summed E-state index contributed by atoms with van der Waals surface area (Å²) in [6, 6.07) is 8.21. The first kappa shape index (κ1) is 12.7. The summed E-state index contributed by atoms with van der Waals surface area (Å²) in [5.41, 5.74) is 6.13. The molecule has 1 aromatic heterocycles. The lowest BCUT2D eigenvalue weighted by molar-refractivity contribution is 0.100. The van der Waals surface area contributed by atoms with Crippen LogP contribution >= 0.6 is 23.2 Å². The fourth-order valence-electron chi connectivity index (χ4n) is 1.42. The van der Waals surface area contributed by atoms with Gasteiger partial charge in [-0.05, 0) is 30.3 Å². The smallest absolute Gasteiger partial charge is 0.250 e. The van der Waals surface area contributed by atoms with E-state index in [2.05, 4.69) is 10.3 Å². The molecule has 0 spiro atoms. The first-order valence-corrected chi connectivity index (χ1v) is 5.80. The van der Waals surface area contributed by atoms with Crippen molar-refractivity contribution < 1.29 is 4.79 Å². The van der Waals surface area contributed by atoms with Crippen LogP contribution in [0.4, 0.5) is 11.5 Å². The van der Waals surface area contributed by atoms with E-state index in [-0.39, 0.29) is 0 Å². The van der Waals surface area contributed by atoms with E-state index < -0.39 is 5.91 Å². The summed E-state index contributed by atoms with van der Waals surface area (Å²) in [6.45, 7) is 0. The van der Waals surface area contributed by atoms with Crippen LogP contribution in [0.2, 0.25) is 10.0 Å². The zero-order chi connectivity index (χ0) is 13.1. The van der Waals surface area contributed by atoms with Crippen LogP contribution in [0.1, 0.15) is 10.4 Å². The molecule has 0 aliphatic heterocycles. The molecule has 1 heterocycles. The summed E-state index contributed by atoms with van der Waals surface area (Å²) < 4.78 is 0. The Balaban J connectivity index is 2.34. The number of halogens is 2. The van der Waals surface area contributed by atoms with Gasteiger partial charge in [0.1, 0.15) is 5.82 Å². The maximum absolute atomic E-state index is 11.3. The molecule has 0 fully saturated rings. The summed E-state index contributed by atoms with van der Waals surface area (Å²) >= 11 is 11.6. The number of aromatic nitrogens is 1. The number of pyridine rings is 1. The van der Waals surface area contributed by atoms with E-state index in [1.807, 2.05) is 0 Å². The van der Waals surface area contributed by atoms with Crippen LogP contribution < -0.4 is 11.1 Å². The standard InChI is InChI=1S/C12H9Cl2N3O/c13-7-1-3-10(9(5-7)12(15)18)17-11-4-2-8(14)6-16-11/h1-6H,(H2,15,18)(H,16,17). The van der Waals surface area contributed by atoms with E-state index in [1.165, 1.54) is 12.3 Å². The van der Waals surface area contributed by atoms with E-state index in [9.17, 15) is 4.79 Å². The van der Waals surface area contributed by atoms with Crippen LogP contribution in [-0.4, -0.2) is 10.9 Å².